The van der Waals surface area contributed by atoms with Crippen molar-refractivity contribution < 1.29 is 5.11 Å². The van der Waals surface area contributed by atoms with Crippen molar-refractivity contribution in [3.63, 3.8) is 0 Å². The van der Waals surface area contributed by atoms with Gasteiger partial charge in [0.05, 0.1) is 13.2 Å². The van der Waals surface area contributed by atoms with Crippen LogP contribution in [0, 0.1) is 5.92 Å². The van der Waals surface area contributed by atoms with Crippen molar-refractivity contribution in [3.05, 3.63) is 12.2 Å². The van der Waals surface area contributed by atoms with E-state index in [2.05, 4.69) is 29.2 Å². The van der Waals surface area contributed by atoms with Gasteiger partial charge in [0.2, 0.25) is 0 Å². The normalized spacial score (nSPS) is 28.5. The topological polar surface area (TPSA) is 63.0 Å². The van der Waals surface area contributed by atoms with Gasteiger partial charge in [-0.1, -0.05) is 6.92 Å². The third kappa shape index (κ3) is 2.90. The average molecular weight is 252 g/mol. The van der Waals surface area contributed by atoms with Crippen LogP contribution in [-0.2, 0) is 13.1 Å². The number of nitrogens with zero attached hydrogens (tertiary/aromatic N) is 3. The number of hydrogen-bond acceptors (Lipinski definition) is 4. The smallest absolute Gasteiger partial charge is 0.140 e. The molecule has 0 aromatic carbocycles. The van der Waals surface area contributed by atoms with Gasteiger partial charge in [-0.3, -0.25) is 0 Å². The van der Waals surface area contributed by atoms with E-state index >= 15 is 0 Å². The van der Waals surface area contributed by atoms with E-state index in [-0.39, 0.29) is 12.1 Å². The van der Waals surface area contributed by atoms with Crippen LogP contribution in [0.1, 0.15) is 45.4 Å². The van der Waals surface area contributed by atoms with Gasteiger partial charge in [0.25, 0.3) is 0 Å². The molecule has 0 bridgehead atoms. The third-order valence-electron chi connectivity index (χ3n) is 4.15. The Hall–Kier alpha value is -0.940. The highest BCUT2D eigenvalue weighted by molar-refractivity contribution is 4.94. The van der Waals surface area contributed by atoms with Crippen LogP contribution in [-0.4, -0.2) is 32.0 Å². The van der Waals surface area contributed by atoms with E-state index in [0.717, 1.165) is 31.1 Å². The van der Waals surface area contributed by atoms with E-state index in [0.29, 0.717) is 6.54 Å². The molecule has 18 heavy (non-hydrogen) atoms. The lowest BCUT2D eigenvalue weighted by atomic mass is 9.77. The standard InChI is InChI=1S/C13H24N4O/c1-3-17-12(14-10-16-17)8-15-13(9-18)6-4-11(2)5-7-13/h10-11,15,18H,3-9H2,1-2H3. The van der Waals surface area contributed by atoms with Crippen molar-refractivity contribution in [2.45, 2.75) is 58.2 Å². The Kier molecular flexibility index (Phi) is 4.35. The van der Waals surface area contributed by atoms with Gasteiger partial charge in [-0.2, -0.15) is 5.10 Å². The van der Waals surface area contributed by atoms with Gasteiger partial charge < -0.3 is 10.4 Å². The SMILES string of the molecule is CCn1ncnc1CNC1(CO)CCC(C)CC1. The van der Waals surface area contributed by atoms with E-state index in [1.54, 1.807) is 6.33 Å². The largest absolute Gasteiger partial charge is 0.394 e. The molecule has 102 valence electrons. The summed E-state index contributed by atoms with van der Waals surface area (Å²) < 4.78 is 1.89. The second-order valence-corrected chi connectivity index (χ2v) is 5.47. The average Bonchev–Trinajstić information content (AvgIpc) is 2.86. The predicted octanol–water partition coefficient (Wildman–Crippen LogP) is 1.33. The molecule has 2 N–H and O–H groups in total. The van der Waals surface area contributed by atoms with Gasteiger partial charge in [-0.05, 0) is 38.5 Å². The number of aryl methyl sites for hydroxylation is 1. The first-order valence-electron chi connectivity index (χ1n) is 6.91. The number of aliphatic hydroxyl groups is 1. The maximum absolute atomic E-state index is 9.68. The number of nitrogens with one attached hydrogen (secondary N) is 1. The second kappa shape index (κ2) is 5.80. The zero-order valence-corrected chi connectivity index (χ0v) is 11.4. The Bertz CT molecular complexity index is 369. The fourth-order valence-electron chi connectivity index (χ4n) is 2.66. The zero-order chi connectivity index (χ0) is 13.0. The summed E-state index contributed by atoms with van der Waals surface area (Å²) in [4.78, 5) is 4.26. The Morgan fingerprint density at radius 2 is 2.22 bits per heavy atom. The molecule has 1 fully saturated rings. The summed E-state index contributed by atoms with van der Waals surface area (Å²) in [6, 6.07) is 0. The van der Waals surface area contributed by atoms with Crippen LogP contribution >= 0.6 is 0 Å². The Morgan fingerprint density at radius 1 is 1.50 bits per heavy atom. The number of hydrogen-bond donors (Lipinski definition) is 2. The molecule has 0 radical (unpaired) electrons. The molecule has 0 saturated heterocycles. The van der Waals surface area contributed by atoms with Crippen LogP contribution in [0.4, 0.5) is 0 Å². The van der Waals surface area contributed by atoms with E-state index in [1.165, 1.54) is 12.8 Å². The van der Waals surface area contributed by atoms with Gasteiger partial charge in [0, 0.05) is 12.1 Å². The van der Waals surface area contributed by atoms with Gasteiger partial charge in [-0.15, -0.1) is 0 Å². The van der Waals surface area contributed by atoms with Crippen LogP contribution in [0.5, 0.6) is 0 Å². The summed E-state index contributed by atoms with van der Waals surface area (Å²) in [5.74, 6) is 1.73. The van der Waals surface area contributed by atoms with E-state index in [9.17, 15) is 5.11 Å². The molecule has 0 amide bonds. The molecular formula is C13H24N4O. The van der Waals surface area contributed by atoms with Gasteiger partial charge in [0.15, 0.2) is 0 Å². The summed E-state index contributed by atoms with van der Waals surface area (Å²) in [5.41, 5.74) is -0.114. The molecule has 1 aliphatic carbocycles. The molecule has 1 aliphatic rings. The lowest BCUT2D eigenvalue weighted by Crippen LogP contribution is -2.50. The molecule has 1 heterocycles. The molecule has 0 spiro atoms. The summed E-state index contributed by atoms with van der Waals surface area (Å²) >= 11 is 0. The molecular weight excluding hydrogens is 228 g/mol. The second-order valence-electron chi connectivity index (χ2n) is 5.47. The van der Waals surface area contributed by atoms with E-state index in [4.69, 9.17) is 0 Å². The van der Waals surface area contributed by atoms with Crippen LogP contribution < -0.4 is 5.32 Å². The van der Waals surface area contributed by atoms with Crippen molar-refractivity contribution in [3.8, 4) is 0 Å². The van der Waals surface area contributed by atoms with Crippen molar-refractivity contribution >= 4 is 0 Å². The Labute approximate surface area is 109 Å². The van der Waals surface area contributed by atoms with Crippen molar-refractivity contribution in [2.75, 3.05) is 6.61 Å². The summed E-state index contributed by atoms with van der Waals surface area (Å²) in [5, 5.41) is 17.3. The number of aliphatic hydroxyl groups excluding tert-OH is 1. The molecule has 1 saturated carbocycles. The summed E-state index contributed by atoms with van der Waals surface area (Å²) in [7, 11) is 0. The predicted molar refractivity (Wildman–Crippen MR) is 70.0 cm³/mol. The maximum Gasteiger partial charge on any atom is 0.140 e. The van der Waals surface area contributed by atoms with Gasteiger partial charge in [-0.25, -0.2) is 9.67 Å². The van der Waals surface area contributed by atoms with Gasteiger partial charge >= 0.3 is 0 Å². The molecule has 5 nitrogen and oxygen atoms in total. The summed E-state index contributed by atoms with van der Waals surface area (Å²) in [6.45, 7) is 6.07. The minimum Gasteiger partial charge on any atom is -0.394 e. The molecule has 1 aromatic heterocycles. The number of rotatable bonds is 5. The first-order chi connectivity index (χ1) is 8.69. The van der Waals surface area contributed by atoms with E-state index in [1.807, 2.05) is 4.68 Å². The molecule has 1 aromatic rings. The minimum atomic E-state index is -0.114. The lowest BCUT2D eigenvalue weighted by molar-refractivity contribution is 0.103. The summed E-state index contributed by atoms with van der Waals surface area (Å²) in [6.07, 6.45) is 6.06. The molecule has 0 aliphatic heterocycles. The highest BCUT2D eigenvalue weighted by atomic mass is 16.3. The van der Waals surface area contributed by atoms with Crippen LogP contribution in [0.15, 0.2) is 6.33 Å². The first-order valence-corrected chi connectivity index (χ1v) is 6.91. The van der Waals surface area contributed by atoms with E-state index < -0.39 is 0 Å². The highest BCUT2D eigenvalue weighted by Crippen LogP contribution is 2.31. The first kappa shape index (κ1) is 13.5. The lowest BCUT2D eigenvalue weighted by Gasteiger charge is -2.38. The number of aromatic nitrogens is 3. The molecule has 0 unspecified atom stereocenters. The molecule has 2 rings (SSSR count). The zero-order valence-electron chi connectivity index (χ0n) is 11.4. The molecule has 0 atom stereocenters. The van der Waals surface area contributed by atoms with Crippen molar-refractivity contribution in [1.29, 1.82) is 0 Å². The quantitative estimate of drug-likeness (QED) is 0.830. The van der Waals surface area contributed by atoms with Crippen LogP contribution in [0.25, 0.3) is 0 Å². The van der Waals surface area contributed by atoms with Gasteiger partial charge in [0.1, 0.15) is 12.2 Å². The van der Waals surface area contributed by atoms with Crippen LogP contribution in [0.2, 0.25) is 0 Å². The fourth-order valence-corrected chi connectivity index (χ4v) is 2.66. The van der Waals surface area contributed by atoms with Crippen LogP contribution in [0.3, 0.4) is 0 Å². The third-order valence-corrected chi connectivity index (χ3v) is 4.15. The Morgan fingerprint density at radius 3 is 2.83 bits per heavy atom. The fraction of sp³-hybridized carbons (Fsp3) is 0.846. The molecule has 5 heteroatoms. The Balaban J connectivity index is 1.95. The van der Waals surface area contributed by atoms with Crippen molar-refractivity contribution in [1.82, 2.24) is 20.1 Å². The van der Waals surface area contributed by atoms with Crippen molar-refractivity contribution in [2.24, 2.45) is 5.92 Å². The highest BCUT2D eigenvalue weighted by Gasteiger charge is 2.33. The minimum absolute atomic E-state index is 0.114. The monoisotopic (exact) mass is 252 g/mol. The maximum atomic E-state index is 9.68.